The molecule has 6 heteroatoms. The van der Waals surface area contributed by atoms with E-state index in [9.17, 15) is 8.42 Å². The van der Waals surface area contributed by atoms with Gasteiger partial charge in [-0.2, -0.15) is 0 Å². The van der Waals surface area contributed by atoms with Crippen molar-refractivity contribution >= 4 is 15.7 Å². The molecule has 0 aliphatic carbocycles. The van der Waals surface area contributed by atoms with Gasteiger partial charge in [-0.1, -0.05) is 18.2 Å². The predicted molar refractivity (Wildman–Crippen MR) is 88.7 cm³/mol. The first-order chi connectivity index (χ1) is 11.0. The lowest BCUT2D eigenvalue weighted by Gasteiger charge is -2.10. The number of para-hydroxylation sites is 1. The van der Waals surface area contributed by atoms with Gasteiger partial charge in [-0.15, -0.1) is 0 Å². The number of aromatic nitrogens is 1. The van der Waals surface area contributed by atoms with Gasteiger partial charge >= 0.3 is 0 Å². The maximum Gasteiger partial charge on any atom is 0.261 e. The number of hydrogen-bond acceptors (Lipinski definition) is 4. The molecule has 3 rings (SSSR count). The summed E-state index contributed by atoms with van der Waals surface area (Å²) in [6.07, 6.45) is 1.62. The van der Waals surface area contributed by atoms with Gasteiger partial charge in [0, 0.05) is 12.5 Å². The Bertz CT molecular complexity index is 928. The number of hydrogen-bond donors (Lipinski definition) is 1. The maximum absolute atomic E-state index is 12.5. The first-order valence-electron chi connectivity index (χ1n) is 7.07. The molecule has 3 aromatic rings. The minimum absolute atomic E-state index is 0.195. The number of rotatable bonds is 4. The Kier molecular flexibility index (Phi) is 3.92. The lowest BCUT2D eigenvalue weighted by atomic mass is 10.2. The molecule has 1 N–H and O–H groups in total. The van der Waals surface area contributed by atoms with Crippen LogP contribution in [0.4, 0.5) is 5.69 Å². The SMILES string of the molecule is Cc1ncc(-c2ccc(S(=O)(=O)Nc3ccccc3C)cc2)o1. The lowest BCUT2D eigenvalue weighted by molar-refractivity contribution is 0.534. The average molecular weight is 328 g/mol. The summed E-state index contributed by atoms with van der Waals surface area (Å²) in [5.74, 6) is 1.18. The molecule has 0 radical (unpaired) electrons. The van der Waals surface area contributed by atoms with Gasteiger partial charge in [0.05, 0.1) is 16.8 Å². The van der Waals surface area contributed by atoms with Crippen LogP contribution in [-0.2, 0) is 10.0 Å². The number of anilines is 1. The number of benzene rings is 2. The van der Waals surface area contributed by atoms with Gasteiger partial charge in [-0.05, 0) is 42.8 Å². The van der Waals surface area contributed by atoms with Crippen molar-refractivity contribution in [3.05, 3.63) is 66.2 Å². The van der Waals surface area contributed by atoms with Crippen LogP contribution in [0.15, 0.2) is 64.0 Å². The lowest BCUT2D eigenvalue weighted by Crippen LogP contribution is -2.13. The molecule has 0 fully saturated rings. The highest BCUT2D eigenvalue weighted by Crippen LogP contribution is 2.24. The molecule has 0 bridgehead atoms. The zero-order valence-corrected chi connectivity index (χ0v) is 13.6. The summed E-state index contributed by atoms with van der Waals surface area (Å²) in [6, 6.07) is 13.7. The fourth-order valence-electron chi connectivity index (χ4n) is 2.18. The van der Waals surface area contributed by atoms with Gasteiger partial charge < -0.3 is 4.42 Å². The van der Waals surface area contributed by atoms with E-state index in [0.29, 0.717) is 17.3 Å². The maximum atomic E-state index is 12.5. The number of nitrogens with zero attached hydrogens (tertiary/aromatic N) is 1. The number of nitrogens with one attached hydrogen (secondary N) is 1. The van der Waals surface area contributed by atoms with Gasteiger partial charge in [0.1, 0.15) is 0 Å². The van der Waals surface area contributed by atoms with E-state index < -0.39 is 10.0 Å². The molecule has 0 aliphatic heterocycles. The molecular formula is C17H16N2O3S. The first kappa shape index (κ1) is 15.3. The predicted octanol–water partition coefficient (Wildman–Crippen LogP) is 3.76. The number of sulfonamides is 1. The van der Waals surface area contributed by atoms with Gasteiger partial charge in [-0.25, -0.2) is 13.4 Å². The highest BCUT2D eigenvalue weighted by Gasteiger charge is 2.15. The minimum Gasteiger partial charge on any atom is -0.441 e. The molecule has 0 amide bonds. The summed E-state index contributed by atoms with van der Waals surface area (Å²) in [4.78, 5) is 4.23. The minimum atomic E-state index is -3.63. The Morgan fingerprint density at radius 3 is 2.30 bits per heavy atom. The van der Waals surface area contributed by atoms with E-state index in [1.165, 1.54) is 0 Å². The highest BCUT2D eigenvalue weighted by atomic mass is 32.2. The van der Waals surface area contributed by atoms with Crippen LogP contribution in [0.5, 0.6) is 0 Å². The number of oxazole rings is 1. The Hall–Kier alpha value is -2.60. The molecule has 0 spiro atoms. The van der Waals surface area contributed by atoms with E-state index >= 15 is 0 Å². The van der Waals surface area contributed by atoms with E-state index in [1.807, 2.05) is 19.1 Å². The van der Waals surface area contributed by atoms with Crippen LogP contribution in [-0.4, -0.2) is 13.4 Å². The van der Waals surface area contributed by atoms with Crippen molar-refractivity contribution in [2.45, 2.75) is 18.7 Å². The molecular weight excluding hydrogens is 312 g/mol. The van der Waals surface area contributed by atoms with Crippen molar-refractivity contribution in [1.82, 2.24) is 4.98 Å². The van der Waals surface area contributed by atoms with Crippen LogP contribution in [0, 0.1) is 13.8 Å². The van der Waals surface area contributed by atoms with Crippen molar-refractivity contribution in [2.75, 3.05) is 4.72 Å². The largest absolute Gasteiger partial charge is 0.441 e. The van der Waals surface area contributed by atoms with Crippen LogP contribution in [0.3, 0.4) is 0 Å². The van der Waals surface area contributed by atoms with E-state index in [2.05, 4.69) is 9.71 Å². The third kappa shape index (κ3) is 3.27. The summed E-state index contributed by atoms with van der Waals surface area (Å²) in [7, 11) is -3.63. The number of aryl methyl sites for hydroxylation is 2. The summed E-state index contributed by atoms with van der Waals surface area (Å²) in [6.45, 7) is 3.61. The third-order valence-electron chi connectivity index (χ3n) is 3.46. The summed E-state index contributed by atoms with van der Waals surface area (Å²) in [5, 5.41) is 0. The molecule has 0 atom stereocenters. The second-order valence-electron chi connectivity index (χ2n) is 5.19. The zero-order valence-electron chi connectivity index (χ0n) is 12.8. The van der Waals surface area contributed by atoms with Gasteiger partial charge in [0.25, 0.3) is 10.0 Å². The molecule has 1 heterocycles. The van der Waals surface area contributed by atoms with E-state index in [-0.39, 0.29) is 4.90 Å². The van der Waals surface area contributed by atoms with E-state index in [1.54, 1.807) is 49.5 Å². The van der Waals surface area contributed by atoms with Crippen LogP contribution in [0.2, 0.25) is 0 Å². The van der Waals surface area contributed by atoms with Crippen LogP contribution in [0.1, 0.15) is 11.5 Å². The fraction of sp³-hybridized carbons (Fsp3) is 0.118. The highest BCUT2D eigenvalue weighted by molar-refractivity contribution is 7.92. The van der Waals surface area contributed by atoms with Crippen molar-refractivity contribution in [3.63, 3.8) is 0 Å². The molecule has 0 saturated carbocycles. The Morgan fingerprint density at radius 1 is 1.00 bits per heavy atom. The van der Waals surface area contributed by atoms with Crippen molar-refractivity contribution in [3.8, 4) is 11.3 Å². The fourth-order valence-corrected chi connectivity index (χ4v) is 3.32. The van der Waals surface area contributed by atoms with Crippen LogP contribution in [0.25, 0.3) is 11.3 Å². The average Bonchev–Trinajstić information content (AvgIpc) is 2.96. The molecule has 0 aliphatic rings. The van der Waals surface area contributed by atoms with E-state index in [4.69, 9.17) is 4.42 Å². The Labute approximate surface area is 135 Å². The Morgan fingerprint density at radius 2 is 1.70 bits per heavy atom. The molecule has 5 nitrogen and oxygen atoms in total. The molecule has 0 saturated heterocycles. The van der Waals surface area contributed by atoms with Gasteiger partial charge in [0.2, 0.25) is 0 Å². The second-order valence-corrected chi connectivity index (χ2v) is 6.87. The summed E-state index contributed by atoms with van der Waals surface area (Å²) < 4.78 is 33.0. The smallest absolute Gasteiger partial charge is 0.261 e. The topological polar surface area (TPSA) is 72.2 Å². The summed E-state index contributed by atoms with van der Waals surface area (Å²) >= 11 is 0. The normalized spacial score (nSPS) is 11.4. The first-order valence-corrected chi connectivity index (χ1v) is 8.55. The zero-order chi connectivity index (χ0) is 16.4. The standard InChI is InChI=1S/C17H16N2O3S/c1-12-5-3-4-6-16(12)19-23(20,21)15-9-7-14(8-10-15)17-11-18-13(2)22-17/h3-11,19H,1-2H3. The third-order valence-corrected chi connectivity index (χ3v) is 4.84. The quantitative estimate of drug-likeness (QED) is 0.791. The van der Waals surface area contributed by atoms with Crippen molar-refractivity contribution in [1.29, 1.82) is 0 Å². The van der Waals surface area contributed by atoms with E-state index in [0.717, 1.165) is 11.1 Å². The summed E-state index contributed by atoms with van der Waals surface area (Å²) in [5.41, 5.74) is 2.22. The van der Waals surface area contributed by atoms with Crippen LogP contribution >= 0.6 is 0 Å². The Balaban J connectivity index is 1.87. The second kappa shape index (κ2) is 5.89. The molecule has 0 unspecified atom stereocenters. The molecule has 23 heavy (non-hydrogen) atoms. The molecule has 2 aromatic carbocycles. The van der Waals surface area contributed by atoms with Crippen LogP contribution < -0.4 is 4.72 Å². The monoisotopic (exact) mass is 328 g/mol. The van der Waals surface area contributed by atoms with Crippen molar-refractivity contribution in [2.24, 2.45) is 0 Å². The molecule has 1 aromatic heterocycles. The molecule has 118 valence electrons. The van der Waals surface area contributed by atoms with Crippen molar-refractivity contribution < 1.29 is 12.8 Å². The van der Waals surface area contributed by atoms with Gasteiger partial charge in [-0.3, -0.25) is 4.72 Å². The van der Waals surface area contributed by atoms with Gasteiger partial charge in [0.15, 0.2) is 11.7 Å².